The standard InChI is InChI=1S/C13H18F2NO7P/c14-13(15,24(20,21)22)6-10(17)12(19)11(18)7-16-23-8-9-4-2-1-3-5-9/h1-5,7,10-12,17-19H,6,8H2,(H2,20,21,22)/t10-,11-,12-/m1/s1. The number of rotatable bonds is 9. The van der Waals surface area contributed by atoms with Crippen molar-refractivity contribution >= 4 is 13.8 Å². The van der Waals surface area contributed by atoms with E-state index in [9.17, 15) is 28.7 Å². The predicted octanol–water partition coefficient (Wildman–Crippen LogP) is 0.432. The summed E-state index contributed by atoms with van der Waals surface area (Å²) < 4.78 is 36.8. The lowest BCUT2D eigenvalue weighted by Crippen LogP contribution is -2.41. The number of nitrogens with zero attached hydrogens (tertiary/aromatic N) is 1. The van der Waals surface area contributed by atoms with Gasteiger partial charge in [0.05, 0.1) is 18.7 Å². The van der Waals surface area contributed by atoms with Gasteiger partial charge in [-0.1, -0.05) is 35.5 Å². The molecule has 3 atom stereocenters. The molecule has 11 heteroatoms. The molecule has 0 heterocycles. The molecule has 0 fully saturated rings. The van der Waals surface area contributed by atoms with Crippen molar-refractivity contribution in [2.75, 3.05) is 0 Å². The molecule has 0 radical (unpaired) electrons. The van der Waals surface area contributed by atoms with Gasteiger partial charge in [-0.3, -0.25) is 4.57 Å². The highest BCUT2D eigenvalue weighted by molar-refractivity contribution is 7.53. The SMILES string of the molecule is O=P(O)(O)C(F)(F)C[C@@H](O)[C@@H](O)[C@H](O)C=NOCc1ccccc1. The number of benzene rings is 1. The monoisotopic (exact) mass is 369 g/mol. The van der Waals surface area contributed by atoms with Crippen LogP contribution in [0.1, 0.15) is 12.0 Å². The van der Waals surface area contributed by atoms with Gasteiger partial charge in [0.15, 0.2) is 0 Å². The third-order valence-corrected chi connectivity index (χ3v) is 4.02. The van der Waals surface area contributed by atoms with Crippen LogP contribution in [-0.2, 0) is 16.0 Å². The van der Waals surface area contributed by atoms with Crippen LogP contribution in [0.3, 0.4) is 0 Å². The van der Waals surface area contributed by atoms with E-state index < -0.39 is 38.0 Å². The highest BCUT2D eigenvalue weighted by Crippen LogP contribution is 2.55. The summed E-state index contributed by atoms with van der Waals surface area (Å²) in [4.78, 5) is 21.7. The zero-order chi connectivity index (χ0) is 18.4. The first kappa shape index (κ1) is 20.6. The van der Waals surface area contributed by atoms with Gasteiger partial charge in [0.2, 0.25) is 0 Å². The average molecular weight is 369 g/mol. The van der Waals surface area contributed by atoms with E-state index in [4.69, 9.17) is 14.6 Å². The molecule has 0 amide bonds. The number of aliphatic hydroxyl groups excluding tert-OH is 3. The molecule has 24 heavy (non-hydrogen) atoms. The summed E-state index contributed by atoms with van der Waals surface area (Å²) in [7, 11) is -5.80. The van der Waals surface area contributed by atoms with Crippen LogP contribution in [0.25, 0.3) is 0 Å². The van der Waals surface area contributed by atoms with Crippen molar-refractivity contribution in [3.05, 3.63) is 35.9 Å². The zero-order valence-corrected chi connectivity index (χ0v) is 13.2. The van der Waals surface area contributed by atoms with Crippen LogP contribution in [0.5, 0.6) is 0 Å². The summed E-state index contributed by atoms with van der Waals surface area (Å²) in [6.07, 6.45) is -7.35. The first-order chi connectivity index (χ1) is 11.0. The topological polar surface area (TPSA) is 140 Å². The minimum absolute atomic E-state index is 0.0546. The van der Waals surface area contributed by atoms with Crippen molar-refractivity contribution in [1.82, 2.24) is 0 Å². The van der Waals surface area contributed by atoms with Gasteiger partial charge in [0, 0.05) is 0 Å². The van der Waals surface area contributed by atoms with E-state index in [1.54, 1.807) is 30.3 Å². The molecular weight excluding hydrogens is 351 g/mol. The van der Waals surface area contributed by atoms with Gasteiger partial charge in [0.25, 0.3) is 0 Å². The maximum absolute atomic E-state index is 13.1. The number of oxime groups is 1. The summed E-state index contributed by atoms with van der Waals surface area (Å²) >= 11 is 0. The second-order valence-corrected chi connectivity index (χ2v) is 6.72. The van der Waals surface area contributed by atoms with Crippen molar-refractivity contribution in [1.29, 1.82) is 0 Å². The Bertz CT molecular complexity index is 581. The number of hydrogen-bond acceptors (Lipinski definition) is 6. The van der Waals surface area contributed by atoms with Crippen LogP contribution >= 0.6 is 7.60 Å². The Morgan fingerprint density at radius 1 is 1.21 bits per heavy atom. The van der Waals surface area contributed by atoms with Crippen LogP contribution < -0.4 is 0 Å². The molecule has 1 aromatic rings. The van der Waals surface area contributed by atoms with Gasteiger partial charge in [-0.05, 0) is 5.56 Å². The molecular formula is C13H18F2NO7P. The number of aliphatic hydroxyl groups is 3. The quantitative estimate of drug-likeness (QED) is 0.242. The molecule has 5 N–H and O–H groups in total. The maximum Gasteiger partial charge on any atom is 0.394 e. The highest BCUT2D eigenvalue weighted by atomic mass is 31.2. The summed E-state index contributed by atoms with van der Waals surface area (Å²) in [6.45, 7) is 0.0546. The fourth-order valence-corrected chi connectivity index (χ4v) is 2.02. The van der Waals surface area contributed by atoms with Crippen molar-refractivity contribution < 1.29 is 43.3 Å². The summed E-state index contributed by atoms with van der Waals surface area (Å²) in [5, 5.41) is 31.7. The second kappa shape index (κ2) is 8.61. The molecule has 0 saturated carbocycles. The van der Waals surface area contributed by atoms with E-state index in [0.717, 1.165) is 5.56 Å². The van der Waals surface area contributed by atoms with Crippen LogP contribution in [0.4, 0.5) is 8.78 Å². The van der Waals surface area contributed by atoms with Gasteiger partial charge in [-0.15, -0.1) is 0 Å². The first-order valence-corrected chi connectivity index (χ1v) is 8.33. The zero-order valence-electron chi connectivity index (χ0n) is 12.3. The van der Waals surface area contributed by atoms with Crippen LogP contribution in [-0.4, -0.2) is 55.3 Å². The molecule has 0 aliphatic rings. The summed E-state index contributed by atoms with van der Waals surface area (Å²) in [6, 6.07) is 8.81. The van der Waals surface area contributed by atoms with Gasteiger partial charge >= 0.3 is 13.3 Å². The fraction of sp³-hybridized carbons (Fsp3) is 0.462. The van der Waals surface area contributed by atoms with Crippen LogP contribution in [0.15, 0.2) is 35.5 Å². The summed E-state index contributed by atoms with van der Waals surface area (Å²) in [5.41, 5.74) is -3.76. The van der Waals surface area contributed by atoms with Crippen molar-refractivity contribution in [2.45, 2.75) is 37.0 Å². The normalized spacial score (nSPS) is 16.8. The molecule has 0 aliphatic heterocycles. The molecule has 0 bridgehead atoms. The molecule has 0 aromatic heterocycles. The first-order valence-electron chi connectivity index (χ1n) is 6.71. The second-order valence-electron chi connectivity index (χ2n) is 4.98. The molecule has 1 rings (SSSR count). The van der Waals surface area contributed by atoms with E-state index in [1.807, 2.05) is 0 Å². The van der Waals surface area contributed by atoms with Gasteiger partial charge in [0.1, 0.15) is 18.8 Å². The Labute approximate surface area is 136 Å². The molecule has 0 unspecified atom stereocenters. The number of hydrogen-bond donors (Lipinski definition) is 5. The molecule has 0 spiro atoms. The van der Waals surface area contributed by atoms with E-state index in [0.29, 0.717) is 6.21 Å². The highest BCUT2D eigenvalue weighted by Gasteiger charge is 2.51. The molecule has 136 valence electrons. The third kappa shape index (κ3) is 6.23. The van der Waals surface area contributed by atoms with E-state index in [1.165, 1.54) is 0 Å². The minimum Gasteiger partial charge on any atom is -0.391 e. The Kier molecular flexibility index (Phi) is 7.40. The largest absolute Gasteiger partial charge is 0.394 e. The summed E-state index contributed by atoms with van der Waals surface area (Å²) in [5.74, 6) is 0. The van der Waals surface area contributed by atoms with Crippen LogP contribution in [0.2, 0.25) is 0 Å². The lowest BCUT2D eigenvalue weighted by molar-refractivity contribution is -0.0726. The van der Waals surface area contributed by atoms with Gasteiger partial charge < -0.3 is 29.9 Å². The fourth-order valence-electron chi connectivity index (χ4n) is 1.60. The molecule has 0 aliphatic carbocycles. The Hall–Kier alpha value is -1.42. The van der Waals surface area contributed by atoms with Gasteiger partial charge in [-0.2, -0.15) is 8.78 Å². The number of alkyl halides is 2. The third-order valence-electron chi connectivity index (χ3n) is 2.99. The van der Waals surface area contributed by atoms with E-state index in [-0.39, 0.29) is 6.61 Å². The molecule has 0 saturated heterocycles. The predicted molar refractivity (Wildman–Crippen MR) is 79.4 cm³/mol. The lowest BCUT2D eigenvalue weighted by Gasteiger charge is -2.25. The molecule has 1 aromatic carbocycles. The Balaban J connectivity index is 2.49. The van der Waals surface area contributed by atoms with Crippen molar-refractivity contribution in [3.63, 3.8) is 0 Å². The van der Waals surface area contributed by atoms with Gasteiger partial charge in [-0.25, -0.2) is 0 Å². The smallest absolute Gasteiger partial charge is 0.391 e. The Morgan fingerprint density at radius 3 is 2.33 bits per heavy atom. The van der Waals surface area contributed by atoms with Crippen molar-refractivity contribution in [2.24, 2.45) is 5.16 Å². The van der Waals surface area contributed by atoms with Crippen molar-refractivity contribution in [3.8, 4) is 0 Å². The number of halogens is 2. The molecule has 8 nitrogen and oxygen atoms in total. The Morgan fingerprint density at radius 2 is 1.79 bits per heavy atom. The minimum atomic E-state index is -5.80. The lowest BCUT2D eigenvalue weighted by atomic mass is 10.1. The maximum atomic E-state index is 13.1. The van der Waals surface area contributed by atoms with Crippen LogP contribution in [0, 0.1) is 0 Å². The van der Waals surface area contributed by atoms with E-state index >= 15 is 0 Å². The average Bonchev–Trinajstić information content (AvgIpc) is 2.50. The van der Waals surface area contributed by atoms with E-state index in [2.05, 4.69) is 5.16 Å².